The molecule has 274 valence electrons. The van der Waals surface area contributed by atoms with Gasteiger partial charge in [0.1, 0.15) is 0 Å². The van der Waals surface area contributed by atoms with Crippen molar-refractivity contribution in [3.05, 3.63) is 205 Å². The molecule has 0 unspecified atom stereocenters. The van der Waals surface area contributed by atoms with Crippen LogP contribution in [0.4, 0.5) is 11.4 Å². The lowest BCUT2D eigenvalue weighted by molar-refractivity contribution is 1.08. The van der Waals surface area contributed by atoms with Crippen LogP contribution >= 0.6 is 0 Å². The topological polar surface area (TPSA) is 87.2 Å². The number of aromatic nitrogens is 3. The van der Waals surface area contributed by atoms with E-state index in [1.807, 2.05) is 97.1 Å². The summed E-state index contributed by atoms with van der Waals surface area (Å²) < 4.78 is 4.48. The zero-order valence-electron chi connectivity index (χ0n) is 31.3. The van der Waals surface area contributed by atoms with E-state index in [0.29, 0.717) is 17.8 Å². The summed E-state index contributed by atoms with van der Waals surface area (Å²) in [4.78, 5) is 9.75. The van der Waals surface area contributed by atoms with Crippen molar-refractivity contribution in [1.82, 2.24) is 14.1 Å². The highest BCUT2D eigenvalue weighted by atomic mass is 15.1. The van der Waals surface area contributed by atoms with Crippen LogP contribution in [0.25, 0.3) is 72.8 Å². The molecule has 0 aliphatic rings. The average molecular weight is 737 g/mol. The second-order valence-electron chi connectivity index (χ2n) is 13.9. The molecule has 4 N–H and O–H groups in total. The van der Waals surface area contributed by atoms with Crippen LogP contribution in [0.2, 0.25) is 0 Å². The van der Waals surface area contributed by atoms with Gasteiger partial charge in [-0.2, -0.15) is 0 Å². The van der Waals surface area contributed by atoms with Crippen LogP contribution in [-0.4, -0.2) is 20.8 Å². The Morgan fingerprint density at radius 1 is 0.579 bits per heavy atom. The fourth-order valence-electron chi connectivity index (χ4n) is 7.71. The van der Waals surface area contributed by atoms with E-state index in [1.165, 1.54) is 5.56 Å². The molecular formula is C51H40N6. The second-order valence-corrected chi connectivity index (χ2v) is 13.9. The Morgan fingerprint density at radius 3 is 1.67 bits per heavy atom. The van der Waals surface area contributed by atoms with Crippen molar-refractivity contribution in [2.45, 2.75) is 6.42 Å². The van der Waals surface area contributed by atoms with Crippen LogP contribution < -0.4 is 11.5 Å². The lowest BCUT2D eigenvalue weighted by atomic mass is 10.1. The number of benzene rings is 6. The van der Waals surface area contributed by atoms with E-state index in [0.717, 1.165) is 78.4 Å². The number of hydrogen-bond donors (Lipinski definition) is 2. The van der Waals surface area contributed by atoms with Gasteiger partial charge >= 0.3 is 0 Å². The summed E-state index contributed by atoms with van der Waals surface area (Å²) in [6, 6.07) is 61.9. The molecule has 6 heteroatoms. The molecule has 0 bridgehead atoms. The highest BCUT2D eigenvalue weighted by Crippen LogP contribution is 2.46. The quantitative estimate of drug-likeness (QED) is 0.108. The summed E-state index contributed by atoms with van der Waals surface area (Å²) in [5.74, 6) is 0. The van der Waals surface area contributed by atoms with Crippen molar-refractivity contribution in [1.29, 1.82) is 0 Å². The Bertz CT molecular complexity index is 2880. The summed E-state index contributed by atoms with van der Waals surface area (Å²) in [7, 11) is 0. The highest BCUT2D eigenvalue weighted by molar-refractivity contribution is 6.10. The molecule has 0 aliphatic heterocycles. The molecule has 9 rings (SSSR count). The first-order valence-corrected chi connectivity index (χ1v) is 19.0. The molecule has 6 nitrogen and oxygen atoms in total. The maximum atomic E-state index is 7.39. The molecule has 0 radical (unpaired) electrons. The molecule has 9 aromatic rings. The van der Waals surface area contributed by atoms with Crippen LogP contribution in [0.1, 0.15) is 11.1 Å². The molecule has 6 aromatic carbocycles. The van der Waals surface area contributed by atoms with Gasteiger partial charge in [-0.05, 0) is 49.0 Å². The predicted molar refractivity (Wildman–Crippen MR) is 240 cm³/mol. The number of pyridine rings is 1. The van der Waals surface area contributed by atoms with Gasteiger partial charge < -0.3 is 20.6 Å². The largest absolute Gasteiger partial charge is 0.396 e. The fraction of sp³-hybridized carbons (Fsp3) is 0.0196. The molecule has 0 spiro atoms. The number of nitrogens with zero attached hydrogens (tertiary/aromatic N) is 4. The minimum absolute atomic E-state index is 0.619. The van der Waals surface area contributed by atoms with E-state index in [4.69, 9.17) is 16.5 Å². The van der Waals surface area contributed by atoms with Crippen molar-refractivity contribution >= 4 is 51.3 Å². The molecule has 0 saturated heterocycles. The number of nitrogens with two attached hydrogens (primary N) is 2. The Balaban J connectivity index is 1.38. The van der Waals surface area contributed by atoms with Gasteiger partial charge in [0.25, 0.3) is 0 Å². The third-order valence-electron chi connectivity index (χ3n) is 10.4. The Hall–Kier alpha value is -7.70. The van der Waals surface area contributed by atoms with Gasteiger partial charge in [0.2, 0.25) is 0 Å². The molecule has 0 aliphatic carbocycles. The van der Waals surface area contributed by atoms with Crippen molar-refractivity contribution in [2.75, 3.05) is 11.5 Å². The molecule has 0 fully saturated rings. The molecular weight excluding hydrogens is 697 g/mol. The zero-order chi connectivity index (χ0) is 38.7. The van der Waals surface area contributed by atoms with E-state index >= 15 is 0 Å². The van der Waals surface area contributed by atoms with E-state index in [9.17, 15) is 0 Å². The first-order chi connectivity index (χ1) is 28.1. The summed E-state index contributed by atoms with van der Waals surface area (Å²) in [5.41, 5.74) is 27.8. The highest BCUT2D eigenvalue weighted by Gasteiger charge is 2.27. The fourth-order valence-corrected chi connectivity index (χ4v) is 7.71. The lowest BCUT2D eigenvalue weighted by Crippen LogP contribution is -2.07. The summed E-state index contributed by atoms with van der Waals surface area (Å²) in [5, 5.41) is 1.84. The van der Waals surface area contributed by atoms with Crippen molar-refractivity contribution < 1.29 is 0 Å². The Labute approximate surface area is 332 Å². The Morgan fingerprint density at radius 2 is 1.07 bits per heavy atom. The van der Waals surface area contributed by atoms with Crippen LogP contribution in [-0.2, 0) is 6.42 Å². The smallest absolute Gasteiger partial charge is 0.0964 e. The normalized spacial score (nSPS) is 12.0. The molecule has 3 heterocycles. The number of para-hydroxylation sites is 2. The number of allylic oxidation sites excluding steroid dienone is 3. The maximum absolute atomic E-state index is 7.39. The zero-order valence-corrected chi connectivity index (χ0v) is 31.3. The van der Waals surface area contributed by atoms with E-state index in [-0.39, 0.29) is 0 Å². The number of hydrogen-bond acceptors (Lipinski definition) is 4. The van der Waals surface area contributed by atoms with Crippen molar-refractivity contribution in [2.24, 2.45) is 4.99 Å². The minimum atomic E-state index is 0.619. The minimum Gasteiger partial charge on any atom is -0.396 e. The standard InChI is InChI=1S/C51H40N6/c1-54-43(36-20-8-3-9-21-36)32-39(31-30-35-18-6-2-7-19-35)56-46-28-16-14-26-41(46)48(52)50(56)51-49(53)42-27-15-17-29-47(42)57(51)40-33-44(37-22-10-4-11-23-37)55-45(34-40)38-24-12-5-13-25-38/h2-29,31-34H,1,30,52-53H2/b39-31+,43-32-. The van der Waals surface area contributed by atoms with Crippen LogP contribution in [0.3, 0.4) is 0 Å². The average Bonchev–Trinajstić information content (AvgIpc) is 3.74. The third kappa shape index (κ3) is 6.59. The number of fused-ring (bicyclic) bond motifs is 2. The molecule has 3 aromatic heterocycles. The van der Waals surface area contributed by atoms with E-state index in [1.54, 1.807) is 0 Å². The number of anilines is 2. The molecule has 0 saturated carbocycles. The van der Waals surface area contributed by atoms with Gasteiger partial charge in [-0.3, -0.25) is 4.99 Å². The summed E-state index contributed by atoms with van der Waals surface area (Å²) in [6.45, 7) is 4.00. The van der Waals surface area contributed by atoms with E-state index in [2.05, 4.69) is 118 Å². The summed E-state index contributed by atoms with van der Waals surface area (Å²) >= 11 is 0. The first kappa shape index (κ1) is 35.0. The molecule has 0 amide bonds. The second kappa shape index (κ2) is 15.2. The van der Waals surface area contributed by atoms with Crippen LogP contribution in [0.5, 0.6) is 0 Å². The summed E-state index contributed by atoms with van der Waals surface area (Å²) in [6.07, 6.45) is 4.99. The lowest BCUT2D eigenvalue weighted by Gasteiger charge is -2.19. The third-order valence-corrected chi connectivity index (χ3v) is 10.4. The van der Waals surface area contributed by atoms with Gasteiger partial charge in [-0.1, -0.05) is 164 Å². The van der Waals surface area contributed by atoms with Gasteiger partial charge in [0.15, 0.2) is 0 Å². The van der Waals surface area contributed by atoms with Gasteiger partial charge in [0.05, 0.1) is 56.6 Å². The van der Waals surface area contributed by atoms with Gasteiger partial charge in [-0.15, -0.1) is 0 Å². The predicted octanol–water partition coefficient (Wildman–Crippen LogP) is 12.0. The number of aliphatic imine (C=N–C) groups is 1. The first-order valence-electron chi connectivity index (χ1n) is 19.0. The Kier molecular flexibility index (Phi) is 9.34. The van der Waals surface area contributed by atoms with Crippen molar-refractivity contribution in [3.63, 3.8) is 0 Å². The van der Waals surface area contributed by atoms with Crippen molar-refractivity contribution in [3.8, 4) is 39.6 Å². The number of nitrogen functional groups attached to an aromatic ring is 2. The molecule has 0 atom stereocenters. The van der Waals surface area contributed by atoms with Crippen LogP contribution in [0, 0.1) is 0 Å². The SMILES string of the molecule is C=N/C(=C\C(=C/Cc1ccccc1)n1c(-c2c(N)c3ccccc3n2-c2cc(-c3ccccc3)nc(-c3ccccc3)c2)c(N)c2ccccc21)c1ccccc1. The van der Waals surface area contributed by atoms with Crippen LogP contribution in [0.15, 0.2) is 199 Å². The van der Waals surface area contributed by atoms with E-state index < -0.39 is 0 Å². The monoisotopic (exact) mass is 736 g/mol. The van der Waals surface area contributed by atoms with Gasteiger partial charge in [0, 0.05) is 33.2 Å². The molecule has 57 heavy (non-hydrogen) atoms. The van der Waals surface area contributed by atoms with Gasteiger partial charge in [-0.25, -0.2) is 4.98 Å². The maximum Gasteiger partial charge on any atom is 0.0964 e. The number of rotatable bonds is 10.